The highest BCUT2D eigenvalue weighted by molar-refractivity contribution is 7.89. The van der Waals surface area contributed by atoms with Crippen molar-refractivity contribution in [3.63, 3.8) is 0 Å². The second-order valence-corrected chi connectivity index (χ2v) is 5.69. The molecule has 6 nitrogen and oxygen atoms in total. The summed E-state index contributed by atoms with van der Waals surface area (Å²) in [6.07, 6.45) is 0.812. The average Bonchev–Trinajstić information content (AvgIpc) is 2.87. The van der Waals surface area contributed by atoms with Crippen molar-refractivity contribution in [3.05, 3.63) is 17.9 Å². The van der Waals surface area contributed by atoms with Gasteiger partial charge in [-0.15, -0.1) is 0 Å². The van der Waals surface area contributed by atoms with Crippen LogP contribution in [0.5, 0.6) is 0 Å². The minimum Gasteiger partial charge on any atom is -0.451 e. The van der Waals surface area contributed by atoms with E-state index in [-0.39, 0.29) is 11.1 Å². The Hall–Kier alpha value is -0.890. The fraction of sp³-hybridized carbons (Fsp3) is 0.600. The molecule has 0 radical (unpaired) electrons. The first-order chi connectivity index (χ1) is 7.99. The molecule has 1 fully saturated rings. The van der Waals surface area contributed by atoms with E-state index in [0.29, 0.717) is 18.8 Å². The molecule has 1 aromatic rings. The summed E-state index contributed by atoms with van der Waals surface area (Å²) >= 11 is 0. The van der Waals surface area contributed by atoms with Crippen molar-refractivity contribution >= 4 is 10.0 Å². The van der Waals surface area contributed by atoms with Gasteiger partial charge in [-0.25, -0.2) is 13.1 Å². The standard InChI is InChI=1S/C10H15NO5S/c1-7(2)11-17(12,13)9-5-8(6-16-9)10-14-3-4-15-10/h5-7,10-11H,3-4H2,1-2H3. The zero-order valence-electron chi connectivity index (χ0n) is 9.67. The highest BCUT2D eigenvalue weighted by Gasteiger charge is 2.25. The molecule has 1 aromatic heterocycles. The van der Waals surface area contributed by atoms with Crippen LogP contribution in [0.25, 0.3) is 0 Å². The van der Waals surface area contributed by atoms with E-state index in [0.717, 1.165) is 0 Å². The van der Waals surface area contributed by atoms with Crippen LogP contribution < -0.4 is 4.72 Å². The molecule has 0 aliphatic carbocycles. The molecule has 0 atom stereocenters. The third kappa shape index (κ3) is 2.86. The molecule has 2 rings (SSSR count). The zero-order chi connectivity index (χ0) is 12.5. The van der Waals surface area contributed by atoms with E-state index in [2.05, 4.69) is 4.72 Å². The second-order valence-electron chi connectivity index (χ2n) is 4.05. The fourth-order valence-corrected chi connectivity index (χ4v) is 2.72. The molecule has 7 heteroatoms. The topological polar surface area (TPSA) is 77.8 Å². The Morgan fingerprint density at radius 3 is 2.59 bits per heavy atom. The van der Waals surface area contributed by atoms with E-state index in [1.807, 2.05) is 0 Å². The van der Waals surface area contributed by atoms with Crippen molar-refractivity contribution in [2.24, 2.45) is 0 Å². The molecule has 2 heterocycles. The summed E-state index contributed by atoms with van der Waals surface area (Å²) in [6, 6.07) is 1.23. The number of furan rings is 1. The Bertz CT molecular complexity index is 473. The molecular weight excluding hydrogens is 246 g/mol. The van der Waals surface area contributed by atoms with Gasteiger partial charge in [0.05, 0.1) is 13.2 Å². The van der Waals surface area contributed by atoms with Gasteiger partial charge < -0.3 is 13.9 Å². The summed E-state index contributed by atoms with van der Waals surface area (Å²) in [5, 5.41) is -0.125. The maximum Gasteiger partial charge on any atom is 0.274 e. The number of hydrogen-bond donors (Lipinski definition) is 1. The van der Waals surface area contributed by atoms with Crippen LogP contribution in [0.3, 0.4) is 0 Å². The van der Waals surface area contributed by atoms with E-state index < -0.39 is 16.3 Å². The molecule has 0 saturated carbocycles. The lowest BCUT2D eigenvalue weighted by Gasteiger charge is -2.06. The number of sulfonamides is 1. The molecule has 0 amide bonds. The van der Waals surface area contributed by atoms with E-state index in [9.17, 15) is 8.42 Å². The summed E-state index contributed by atoms with van der Waals surface area (Å²) in [5.41, 5.74) is 0.576. The monoisotopic (exact) mass is 261 g/mol. The Balaban J connectivity index is 2.17. The normalized spacial score (nSPS) is 18.1. The molecule has 0 unspecified atom stereocenters. The lowest BCUT2D eigenvalue weighted by Crippen LogP contribution is -2.29. The third-order valence-corrected chi connectivity index (χ3v) is 3.67. The van der Waals surface area contributed by atoms with Crippen molar-refractivity contribution in [2.45, 2.75) is 31.3 Å². The van der Waals surface area contributed by atoms with Gasteiger partial charge in [-0.1, -0.05) is 0 Å². The van der Waals surface area contributed by atoms with Crippen LogP contribution in [0, 0.1) is 0 Å². The van der Waals surface area contributed by atoms with E-state index >= 15 is 0 Å². The summed E-state index contributed by atoms with van der Waals surface area (Å²) in [7, 11) is -3.60. The van der Waals surface area contributed by atoms with Gasteiger partial charge in [-0.05, 0) is 13.8 Å². The molecule has 0 spiro atoms. The molecule has 0 aromatic carbocycles. The summed E-state index contributed by atoms with van der Waals surface area (Å²) < 4.78 is 41.5. The highest BCUT2D eigenvalue weighted by atomic mass is 32.2. The summed E-state index contributed by atoms with van der Waals surface area (Å²) in [4.78, 5) is 0. The third-order valence-electron chi connectivity index (χ3n) is 2.15. The van der Waals surface area contributed by atoms with Crippen LogP contribution in [0.2, 0.25) is 0 Å². The van der Waals surface area contributed by atoms with Gasteiger partial charge in [0.1, 0.15) is 6.26 Å². The van der Waals surface area contributed by atoms with Gasteiger partial charge in [-0.3, -0.25) is 0 Å². The van der Waals surface area contributed by atoms with Crippen molar-refractivity contribution in [3.8, 4) is 0 Å². The number of nitrogens with one attached hydrogen (secondary N) is 1. The largest absolute Gasteiger partial charge is 0.451 e. The van der Waals surface area contributed by atoms with Gasteiger partial charge >= 0.3 is 0 Å². The van der Waals surface area contributed by atoms with Gasteiger partial charge in [0.15, 0.2) is 6.29 Å². The predicted octanol–water partition coefficient (Wildman–Crippen LogP) is 1.01. The first-order valence-electron chi connectivity index (χ1n) is 5.33. The smallest absolute Gasteiger partial charge is 0.274 e. The number of hydrogen-bond acceptors (Lipinski definition) is 5. The molecule has 96 valence electrons. The predicted molar refractivity (Wildman–Crippen MR) is 58.8 cm³/mol. The lowest BCUT2D eigenvalue weighted by molar-refractivity contribution is -0.0444. The lowest BCUT2D eigenvalue weighted by atomic mass is 10.3. The molecule has 1 N–H and O–H groups in total. The molecule has 1 aliphatic rings. The minimum absolute atomic E-state index is 0.125. The first kappa shape index (κ1) is 12.6. The first-order valence-corrected chi connectivity index (χ1v) is 6.81. The van der Waals surface area contributed by atoms with Crippen molar-refractivity contribution < 1.29 is 22.3 Å². The average molecular weight is 261 g/mol. The SMILES string of the molecule is CC(C)NS(=O)(=O)c1cc(C2OCCO2)co1. The maximum absolute atomic E-state index is 11.8. The Kier molecular flexibility index (Phi) is 3.53. The summed E-state index contributed by atoms with van der Waals surface area (Å²) in [6.45, 7) is 4.49. The Morgan fingerprint density at radius 1 is 1.35 bits per heavy atom. The van der Waals surface area contributed by atoms with Crippen molar-refractivity contribution in [1.82, 2.24) is 4.72 Å². The summed E-state index contributed by atoms with van der Waals surface area (Å²) in [5.74, 6) is 0. The highest BCUT2D eigenvalue weighted by Crippen LogP contribution is 2.26. The Morgan fingerprint density at radius 2 is 2.00 bits per heavy atom. The van der Waals surface area contributed by atoms with Crippen molar-refractivity contribution in [1.29, 1.82) is 0 Å². The number of ether oxygens (including phenoxy) is 2. The van der Waals surface area contributed by atoms with E-state index in [1.54, 1.807) is 13.8 Å². The van der Waals surface area contributed by atoms with Gasteiger partial charge in [0.25, 0.3) is 10.0 Å². The van der Waals surface area contributed by atoms with Gasteiger partial charge in [0, 0.05) is 17.7 Å². The van der Waals surface area contributed by atoms with Crippen LogP contribution in [0.1, 0.15) is 25.7 Å². The quantitative estimate of drug-likeness (QED) is 0.875. The molecule has 1 aliphatic heterocycles. The van der Waals surface area contributed by atoms with Crippen LogP contribution >= 0.6 is 0 Å². The van der Waals surface area contributed by atoms with Gasteiger partial charge in [0.2, 0.25) is 5.09 Å². The molecular formula is C10H15NO5S. The molecule has 17 heavy (non-hydrogen) atoms. The van der Waals surface area contributed by atoms with Crippen LogP contribution in [-0.4, -0.2) is 27.7 Å². The van der Waals surface area contributed by atoms with E-state index in [1.165, 1.54) is 12.3 Å². The van der Waals surface area contributed by atoms with Crippen molar-refractivity contribution in [2.75, 3.05) is 13.2 Å². The van der Waals surface area contributed by atoms with Gasteiger partial charge in [-0.2, -0.15) is 0 Å². The second kappa shape index (κ2) is 4.77. The Labute approximate surface area is 99.9 Å². The number of rotatable bonds is 4. The zero-order valence-corrected chi connectivity index (χ0v) is 10.5. The molecule has 1 saturated heterocycles. The van der Waals surface area contributed by atoms with Crippen LogP contribution in [0.15, 0.2) is 21.8 Å². The minimum atomic E-state index is -3.60. The van der Waals surface area contributed by atoms with Crippen LogP contribution in [-0.2, 0) is 19.5 Å². The maximum atomic E-state index is 11.8. The molecule has 0 bridgehead atoms. The van der Waals surface area contributed by atoms with E-state index in [4.69, 9.17) is 13.9 Å². The fourth-order valence-electron chi connectivity index (χ4n) is 1.51. The van der Waals surface area contributed by atoms with Crippen LogP contribution in [0.4, 0.5) is 0 Å².